The minimum atomic E-state index is -0.565. The predicted molar refractivity (Wildman–Crippen MR) is 159 cm³/mol. The second kappa shape index (κ2) is 12.6. The first kappa shape index (κ1) is 29.1. The van der Waals surface area contributed by atoms with Gasteiger partial charge in [-0.25, -0.2) is 23.7 Å². The van der Waals surface area contributed by atoms with Gasteiger partial charge in [-0.1, -0.05) is 26.8 Å². The smallest absolute Gasteiger partial charge is 0.229 e. The van der Waals surface area contributed by atoms with Gasteiger partial charge in [0.05, 0.1) is 6.20 Å². The molecule has 4 unspecified atom stereocenters. The Bertz CT molecular complexity index is 1160. The van der Waals surface area contributed by atoms with E-state index in [2.05, 4.69) is 70.1 Å². The van der Waals surface area contributed by atoms with Crippen molar-refractivity contribution in [3.8, 4) is 0 Å². The van der Waals surface area contributed by atoms with Crippen LogP contribution in [0.2, 0.25) is 0 Å². The summed E-state index contributed by atoms with van der Waals surface area (Å²) in [6.45, 7) is 13.9. The van der Waals surface area contributed by atoms with Crippen LogP contribution in [-0.2, 0) is 0 Å². The van der Waals surface area contributed by atoms with Crippen molar-refractivity contribution in [1.29, 1.82) is 0 Å². The number of nitrogens with zero attached hydrogens (tertiary/aromatic N) is 5. The molecule has 5 rings (SSSR count). The Labute approximate surface area is 238 Å². The Balaban J connectivity index is 1.25. The molecule has 0 aromatic carbocycles. The van der Waals surface area contributed by atoms with Crippen LogP contribution in [0.1, 0.15) is 78.8 Å². The number of likely N-dealkylation sites (tertiary alicyclic amines) is 1. The molecule has 3 heterocycles. The third kappa shape index (κ3) is 6.38. The first-order chi connectivity index (χ1) is 19.3. The number of halogens is 2. The normalized spacial score (nSPS) is 27.0. The maximum atomic E-state index is 15.3. The van der Waals surface area contributed by atoms with Crippen LogP contribution in [0.3, 0.4) is 0 Å². The molecule has 4 aliphatic rings. The molecule has 0 amide bonds. The van der Waals surface area contributed by atoms with Crippen LogP contribution in [0.5, 0.6) is 0 Å². The predicted octanol–water partition coefficient (Wildman–Crippen LogP) is 6.85. The molecule has 1 aromatic heterocycles. The molecular weight excluding hydrogens is 506 g/mol. The minimum absolute atomic E-state index is 0.108. The van der Waals surface area contributed by atoms with Gasteiger partial charge in [0.2, 0.25) is 5.95 Å². The lowest BCUT2D eigenvalue weighted by Gasteiger charge is -2.38. The largest absolute Gasteiger partial charge is 0.309 e. The van der Waals surface area contributed by atoms with E-state index in [4.69, 9.17) is 0 Å². The van der Waals surface area contributed by atoms with E-state index in [1.807, 2.05) is 13.0 Å². The second-order valence-corrected chi connectivity index (χ2v) is 12.3. The number of aromatic nitrogens is 2. The summed E-state index contributed by atoms with van der Waals surface area (Å²) in [7, 11) is 0. The fraction of sp³-hybridized carbons (Fsp3) is 0.656. The summed E-state index contributed by atoms with van der Waals surface area (Å²) < 4.78 is 30.3. The molecule has 1 N–H and O–H groups in total. The number of rotatable bonds is 10. The molecule has 0 bridgehead atoms. The molecule has 0 radical (unpaired) electrons. The van der Waals surface area contributed by atoms with Gasteiger partial charge < -0.3 is 10.2 Å². The van der Waals surface area contributed by atoms with Crippen molar-refractivity contribution >= 4 is 17.7 Å². The number of allylic oxidation sites excluding steroid dienone is 3. The average molecular weight is 553 g/mol. The number of nitrogens with one attached hydrogen (secondary N) is 1. The van der Waals surface area contributed by atoms with Crippen molar-refractivity contribution in [3.63, 3.8) is 0 Å². The standard InChI is InChI=1S/C32H46F2N6/c1-6-26-27(33)16-24(17-29(26)40(7-2)20(3)4)31-28(34)19-36-32(38-31)37-30-11-8-23(18-35-30)21(5)22-12-14-39(15-13-22)25-9-10-25/h11,16-23,25-26,29H,6-10,12-15H2,1-5H3,(H,36,37,38). The molecule has 218 valence electrons. The van der Waals surface area contributed by atoms with Crippen molar-refractivity contribution in [2.75, 3.05) is 25.0 Å². The molecule has 2 fully saturated rings. The fourth-order valence-corrected chi connectivity index (χ4v) is 6.91. The van der Waals surface area contributed by atoms with Crippen LogP contribution in [0, 0.1) is 29.5 Å². The summed E-state index contributed by atoms with van der Waals surface area (Å²) in [5, 5.41) is 3.16. The van der Waals surface area contributed by atoms with Gasteiger partial charge in [0, 0.05) is 41.7 Å². The molecule has 1 saturated heterocycles. The first-order valence-corrected chi connectivity index (χ1v) is 15.4. The van der Waals surface area contributed by atoms with E-state index in [-0.39, 0.29) is 35.5 Å². The molecule has 1 saturated carbocycles. The molecule has 2 aliphatic carbocycles. The van der Waals surface area contributed by atoms with E-state index in [9.17, 15) is 4.39 Å². The van der Waals surface area contributed by atoms with Crippen molar-refractivity contribution in [2.45, 2.75) is 91.3 Å². The van der Waals surface area contributed by atoms with Crippen LogP contribution < -0.4 is 5.32 Å². The van der Waals surface area contributed by atoms with Crippen molar-refractivity contribution in [1.82, 2.24) is 19.8 Å². The monoisotopic (exact) mass is 552 g/mol. The lowest BCUT2D eigenvalue weighted by atomic mass is 9.76. The maximum Gasteiger partial charge on any atom is 0.229 e. The number of aliphatic imine (C=N–C) groups is 1. The summed E-state index contributed by atoms with van der Waals surface area (Å²) in [6.07, 6.45) is 15.6. The molecule has 8 heteroatoms. The highest BCUT2D eigenvalue weighted by atomic mass is 19.1. The molecule has 4 atom stereocenters. The number of hydrogen-bond acceptors (Lipinski definition) is 6. The zero-order chi connectivity index (χ0) is 28.4. The lowest BCUT2D eigenvalue weighted by Crippen LogP contribution is -2.44. The van der Waals surface area contributed by atoms with Crippen LogP contribution in [-0.4, -0.2) is 63.7 Å². The summed E-state index contributed by atoms with van der Waals surface area (Å²) in [4.78, 5) is 18.2. The molecule has 0 spiro atoms. The number of piperidine rings is 1. The van der Waals surface area contributed by atoms with Gasteiger partial charge >= 0.3 is 0 Å². The number of likely N-dealkylation sites (N-methyl/N-ethyl adjacent to an activating group) is 1. The van der Waals surface area contributed by atoms with Crippen LogP contribution in [0.15, 0.2) is 41.1 Å². The minimum Gasteiger partial charge on any atom is -0.309 e. The molecule has 40 heavy (non-hydrogen) atoms. The van der Waals surface area contributed by atoms with Crippen LogP contribution in [0.25, 0.3) is 5.57 Å². The van der Waals surface area contributed by atoms with Gasteiger partial charge in [-0.3, -0.25) is 4.90 Å². The number of anilines is 1. The highest BCUT2D eigenvalue weighted by Gasteiger charge is 2.35. The summed E-state index contributed by atoms with van der Waals surface area (Å²) in [6, 6.07) is 0.938. The summed E-state index contributed by atoms with van der Waals surface area (Å²) in [5.74, 6) is 1.63. The maximum absolute atomic E-state index is 15.3. The van der Waals surface area contributed by atoms with Gasteiger partial charge in [-0.05, 0) is 96.0 Å². The Kier molecular flexibility index (Phi) is 9.15. The molecular formula is C32H46F2N6. The number of hydrogen-bond donors (Lipinski definition) is 1. The Morgan fingerprint density at radius 1 is 1.10 bits per heavy atom. The highest BCUT2D eigenvalue weighted by molar-refractivity contribution is 5.75. The quantitative estimate of drug-likeness (QED) is 0.344. The van der Waals surface area contributed by atoms with E-state index in [1.54, 1.807) is 0 Å². The molecule has 2 aliphatic heterocycles. The van der Waals surface area contributed by atoms with E-state index >= 15 is 4.39 Å². The van der Waals surface area contributed by atoms with Gasteiger partial charge in [-0.15, -0.1) is 0 Å². The van der Waals surface area contributed by atoms with Crippen LogP contribution in [0.4, 0.5) is 14.7 Å². The average Bonchev–Trinajstić information content (AvgIpc) is 3.80. The van der Waals surface area contributed by atoms with Crippen LogP contribution >= 0.6 is 0 Å². The lowest BCUT2D eigenvalue weighted by molar-refractivity contribution is 0.134. The third-order valence-electron chi connectivity index (χ3n) is 9.56. The highest BCUT2D eigenvalue weighted by Crippen LogP contribution is 2.38. The topological polar surface area (TPSA) is 56.7 Å². The van der Waals surface area contributed by atoms with Crippen molar-refractivity contribution in [2.24, 2.45) is 28.7 Å². The van der Waals surface area contributed by atoms with Crippen molar-refractivity contribution in [3.05, 3.63) is 47.6 Å². The van der Waals surface area contributed by atoms with Crippen molar-refractivity contribution < 1.29 is 8.78 Å². The van der Waals surface area contributed by atoms with Gasteiger partial charge in [0.1, 0.15) is 17.3 Å². The van der Waals surface area contributed by atoms with E-state index in [1.165, 1.54) is 44.8 Å². The Hall–Kier alpha value is -2.45. The van der Waals surface area contributed by atoms with E-state index < -0.39 is 5.82 Å². The van der Waals surface area contributed by atoms with E-state index in [0.717, 1.165) is 31.1 Å². The van der Waals surface area contributed by atoms with Gasteiger partial charge in [0.25, 0.3) is 0 Å². The summed E-state index contributed by atoms with van der Waals surface area (Å²) >= 11 is 0. The molecule has 6 nitrogen and oxygen atoms in total. The summed E-state index contributed by atoms with van der Waals surface area (Å²) in [5.41, 5.74) is 0.563. The van der Waals surface area contributed by atoms with E-state index in [0.29, 0.717) is 29.7 Å². The van der Waals surface area contributed by atoms with Gasteiger partial charge in [-0.2, -0.15) is 0 Å². The van der Waals surface area contributed by atoms with Gasteiger partial charge in [0.15, 0.2) is 5.82 Å². The zero-order valence-electron chi connectivity index (χ0n) is 24.8. The Morgan fingerprint density at radius 3 is 2.45 bits per heavy atom. The second-order valence-electron chi connectivity index (χ2n) is 12.3. The molecule has 1 aromatic rings. The third-order valence-corrected chi connectivity index (χ3v) is 9.56. The first-order valence-electron chi connectivity index (χ1n) is 15.4. The Morgan fingerprint density at radius 2 is 1.85 bits per heavy atom. The zero-order valence-corrected chi connectivity index (χ0v) is 24.8. The SMILES string of the molecule is CCC1C(F)=CC(c2nc(NC3=CCC(C(C)C4CCN(C5CC5)CC4)C=N3)ncc2F)=CC1N(CC)C(C)C. The fourth-order valence-electron chi connectivity index (χ4n) is 6.91.